The number of anilines is 1. The number of amides is 1. The smallest absolute Gasteiger partial charge is 0.277 e. The van der Waals surface area contributed by atoms with E-state index in [1.807, 2.05) is 32.0 Å². The van der Waals surface area contributed by atoms with Crippen LogP contribution in [0.4, 0.5) is 5.69 Å². The first kappa shape index (κ1) is 16.4. The third-order valence-electron chi connectivity index (χ3n) is 3.54. The van der Waals surface area contributed by atoms with E-state index < -0.39 is 0 Å². The molecule has 1 saturated heterocycles. The first-order valence-corrected chi connectivity index (χ1v) is 7.47. The summed E-state index contributed by atoms with van der Waals surface area (Å²) >= 11 is 4.95. The lowest BCUT2D eigenvalue weighted by molar-refractivity contribution is -0.127. The number of nitrogens with two attached hydrogens (primary N) is 1. The van der Waals surface area contributed by atoms with Gasteiger partial charge in [-0.05, 0) is 37.1 Å². The number of hydrogen-bond acceptors (Lipinski definition) is 5. The molecule has 22 heavy (non-hydrogen) atoms. The molecule has 6 nitrogen and oxygen atoms in total. The van der Waals surface area contributed by atoms with Crippen LogP contribution in [-0.4, -0.2) is 47.8 Å². The number of hydrogen-bond donors (Lipinski definition) is 2. The fourth-order valence-corrected chi connectivity index (χ4v) is 2.19. The van der Waals surface area contributed by atoms with Crippen molar-refractivity contribution in [2.75, 3.05) is 31.7 Å². The molecule has 2 rings (SSSR count). The second-order valence-electron chi connectivity index (χ2n) is 5.14. The number of carbonyl (C=O) groups is 1. The number of nitrogens with zero attached hydrogens (tertiary/aromatic N) is 2. The van der Waals surface area contributed by atoms with E-state index in [1.54, 1.807) is 4.90 Å². The summed E-state index contributed by atoms with van der Waals surface area (Å²) in [6.45, 7) is 6.11. The molecule has 1 aliphatic rings. The Morgan fingerprint density at radius 2 is 2.00 bits per heavy atom. The van der Waals surface area contributed by atoms with Gasteiger partial charge in [-0.25, -0.2) is 0 Å². The van der Waals surface area contributed by atoms with Crippen LogP contribution in [0.1, 0.15) is 11.1 Å². The van der Waals surface area contributed by atoms with Gasteiger partial charge in [0.05, 0.1) is 18.9 Å². The number of benzene rings is 1. The lowest BCUT2D eigenvalue weighted by Crippen LogP contribution is -2.47. The van der Waals surface area contributed by atoms with Crippen molar-refractivity contribution in [3.8, 4) is 0 Å². The van der Waals surface area contributed by atoms with Crippen LogP contribution in [0.2, 0.25) is 0 Å². The van der Waals surface area contributed by atoms with Crippen molar-refractivity contribution >= 4 is 34.5 Å². The zero-order valence-electron chi connectivity index (χ0n) is 12.8. The lowest BCUT2D eigenvalue weighted by atomic mass is 10.1. The number of aryl methyl sites for hydroxylation is 2. The van der Waals surface area contributed by atoms with E-state index in [1.165, 1.54) is 5.56 Å². The fourth-order valence-electron chi connectivity index (χ4n) is 2.06. The Kier molecular flexibility index (Phi) is 5.46. The summed E-state index contributed by atoms with van der Waals surface area (Å²) in [7, 11) is 0. The summed E-state index contributed by atoms with van der Waals surface area (Å²) in [4.78, 5) is 14.0. The molecule has 1 aliphatic heterocycles. The zero-order valence-corrected chi connectivity index (χ0v) is 13.6. The molecule has 7 heteroatoms. The molecule has 0 unspecified atom stereocenters. The van der Waals surface area contributed by atoms with Gasteiger partial charge in [0.1, 0.15) is 4.99 Å². The maximum atomic E-state index is 12.4. The Labute approximate surface area is 135 Å². The predicted octanol–water partition coefficient (Wildman–Crippen LogP) is 1.22. The fraction of sp³-hybridized carbons (Fsp3) is 0.400. The SMILES string of the molecule is Cc1ccc(N/N=C(\C(=O)N2CCOCC2)C(N)=S)cc1C. The topological polar surface area (TPSA) is 80.0 Å². The second-order valence-corrected chi connectivity index (χ2v) is 5.58. The number of morpholine rings is 1. The van der Waals surface area contributed by atoms with Crippen molar-refractivity contribution < 1.29 is 9.53 Å². The van der Waals surface area contributed by atoms with Crippen molar-refractivity contribution in [3.05, 3.63) is 29.3 Å². The molecule has 0 saturated carbocycles. The molecule has 1 aromatic rings. The summed E-state index contributed by atoms with van der Waals surface area (Å²) in [5, 5.41) is 4.11. The quantitative estimate of drug-likeness (QED) is 0.495. The summed E-state index contributed by atoms with van der Waals surface area (Å²) in [5.74, 6) is -0.271. The monoisotopic (exact) mass is 320 g/mol. The molecule has 1 heterocycles. The van der Waals surface area contributed by atoms with Gasteiger partial charge in [-0.1, -0.05) is 18.3 Å². The van der Waals surface area contributed by atoms with Gasteiger partial charge in [0.25, 0.3) is 5.91 Å². The number of hydrazone groups is 1. The first-order valence-electron chi connectivity index (χ1n) is 7.07. The van der Waals surface area contributed by atoms with Gasteiger partial charge in [-0.3, -0.25) is 10.2 Å². The Morgan fingerprint density at radius 3 is 2.59 bits per heavy atom. The molecule has 0 spiro atoms. The Balaban J connectivity index is 2.14. The van der Waals surface area contributed by atoms with E-state index >= 15 is 0 Å². The third-order valence-corrected chi connectivity index (χ3v) is 3.73. The number of nitrogens with one attached hydrogen (secondary N) is 1. The van der Waals surface area contributed by atoms with Crippen molar-refractivity contribution in [1.29, 1.82) is 0 Å². The number of thiocarbonyl (C=S) groups is 1. The number of rotatable bonds is 4. The highest BCUT2D eigenvalue weighted by Gasteiger charge is 2.23. The maximum Gasteiger partial charge on any atom is 0.277 e. The molecule has 0 aliphatic carbocycles. The van der Waals surface area contributed by atoms with Crippen LogP contribution >= 0.6 is 12.2 Å². The normalized spacial score (nSPS) is 15.5. The van der Waals surface area contributed by atoms with Crippen molar-refractivity contribution in [3.63, 3.8) is 0 Å². The molecular weight excluding hydrogens is 300 g/mol. The van der Waals surface area contributed by atoms with Crippen LogP contribution < -0.4 is 11.2 Å². The zero-order chi connectivity index (χ0) is 16.1. The van der Waals surface area contributed by atoms with Gasteiger partial charge in [0.2, 0.25) is 0 Å². The Morgan fingerprint density at radius 1 is 1.32 bits per heavy atom. The maximum absolute atomic E-state index is 12.4. The van der Waals surface area contributed by atoms with E-state index in [9.17, 15) is 4.79 Å². The molecular formula is C15H20N4O2S. The highest BCUT2D eigenvalue weighted by Crippen LogP contribution is 2.14. The summed E-state index contributed by atoms with van der Waals surface area (Å²) in [5.41, 5.74) is 11.7. The highest BCUT2D eigenvalue weighted by atomic mass is 32.1. The van der Waals surface area contributed by atoms with E-state index in [4.69, 9.17) is 22.7 Å². The highest BCUT2D eigenvalue weighted by molar-refractivity contribution is 7.82. The average molecular weight is 320 g/mol. The first-order chi connectivity index (χ1) is 10.5. The van der Waals surface area contributed by atoms with Crippen molar-refractivity contribution in [2.24, 2.45) is 10.8 Å². The summed E-state index contributed by atoms with van der Waals surface area (Å²) in [6, 6.07) is 5.83. The summed E-state index contributed by atoms with van der Waals surface area (Å²) in [6.07, 6.45) is 0. The molecule has 1 fully saturated rings. The lowest BCUT2D eigenvalue weighted by Gasteiger charge is -2.26. The van der Waals surface area contributed by atoms with E-state index in [0.717, 1.165) is 11.3 Å². The van der Waals surface area contributed by atoms with Crippen LogP contribution in [0.25, 0.3) is 0 Å². The van der Waals surface area contributed by atoms with Gasteiger partial charge in [0, 0.05) is 13.1 Å². The van der Waals surface area contributed by atoms with Crippen molar-refractivity contribution in [1.82, 2.24) is 4.90 Å². The van der Waals surface area contributed by atoms with E-state index in [0.29, 0.717) is 26.3 Å². The molecule has 0 aromatic heterocycles. The number of ether oxygens (including phenoxy) is 1. The largest absolute Gasteiger partial charge is 0.388 e. The van der Waals surface area contributed by atoms with Crippen molar-refractivity contribution in [2.45, 2.75) is 13.8 Å². The summed E-state index contributed by atoms with van der Waals surface area (Å²) < 4.78 is 5.23. The van der Waals surface area contributed by atoms with Gasteiger partial charge in [0.15, 0.2) is 5.71 Å². The average Bonchev–Trinajstić information content (AvgIpc) is 2.51. The van der Waals surface area contributed by atoms with Crippen LogP contribution in [0.3, 0.4) is 0 Å². The molecule has 1 amide bonds. The molecule has 3 N–H and O–H groups in total. The minimum atomic E-state index is -0.271. The van der Waals surface area contributed by atoms with Gasteiger partial charge in [-0.15, -0.1) is 0 Å². The molecule has 1 aromatic carbocycles. The Bertz CT molecular complexity index is 610. The van der Waals surface area contributed by atoms with Gasteiger partial charge in [-0.2, -0.15) is 5.10 Å². The molecule has 0 atom stereocenters. The van der Waals surface area contributed by atoms with Crippen LogP contribution in [-0.2, 0) is 9.53 Å². The standard InChI is InChI=1S/C15H20N4O2S/c1-10-3-4-12(9-11(10)2)17-18-13(14(16)22)15(20)19-5-7-21-8-6-19/h3-4,9,17H,5-8H2,1-2H3,(H2,16,22)/b18-13-. The molecule has 0 radical (unpaired) electrons. The Hall–Kier alpha value is -1.99. The minimum Gasteiger partial charge on any atom is -0.388 e. The van der Waals surface area contributed by atoms with Crippen LogP contribution in [0.5, 0.6) is 0 Å². The van der Waals surface area contributed by atoms with Gasteiger partial charge >= 0.3 is 0 Å². The number of carbonyl (C=O) groups excluding carboxylic acids is 1. The van der Waals surface area contributed by atoms with E-state index in [-0.39, 0.29) is 16.6 Å². The van der Waals surface area contributed by atoms with E-state index in [2.05, 4.69) is 10.5 Å². The predicted molar refractivity (Wildman–Crippen MR) is 91.2 cm³/mol. The van der Waals surface area contributed by atoms with Crippen LogP contribution in [0, 0.1) is 13.8 Å². The third kappa shape index (κ3) is 4.02. The van der Waals surface area contributed by atoms with Crippen LogP contribution in [0.15, 0.2) is 23.3 Å². The molecule has 0 bridgehead atoms. The molecule has 118 valence electrons. The minimum absolute atomic E-state index is 0.0205. The van der Waals surface area contributed by atoms with Gasteiger partial charge < -0.3 is 15.4 Å². The second kappa shape index (κ2) is 7.33.